The smallest absolute Gasteiger partial charge is 0.135 e. The summed E-state index contributed by atoms with van der Waals surface area (Å²) in [5.74, 6) is 2.24. The minimum atomic E-state index is 0.497. The maximum absolute atomic E-state index is 5.42. The molecule has 0 amide bonds. The number of aryl methyl sites for hydroxylation is 2. The molecule has 0 spiro atoms. The largest absolute Gasteiger partial charge is 0.364 e. The number of aromatic nitrogens is 2. The van der Waals surface area contributed by atoms with Gasteiger partial charge in [-0.15, -0.1) is 0 Å². The Morgan fingerprint density at radius 2 is 1.15 bits per heavy atom. The Morgan fingerprint density at radius 1 is 0.696 bits per heavy atom. The number of thioether (sulfide) groups is 2. The number of hydrogen-bond acceptors (Lipinski definition) is 5. The Labute approximate surface area is 302 Å². The quantitative estimate of drug-likeness (QED) is 0.115. The molecule has 0 saturated carbocycles. The van der Waals surface area contributed by atoms with Crippen LogP contribution in [0.1, 0.15) is 122 Å². The zero-order valence-corrected chi connectivity index (χ0v) is 34.1. The summed E-state index contributed by atoms with van der Waals surface area (Å²) >= 11 is 14.5. The summed E-state index contributed by atoms with van der Waals surface area (Å²) in [7, 11) is 8.12. The summed E-state index contributed by atoms with van der Waals surface area (Å²) in [6.45, 7) is 12.9. The van der Waals surface area contributed by atoms with E-state index in [-0.39, 0.29) is 0 Å². The van der Waals surface area contributed by atoms with E-state index < -0.39 is 0 Å². The van der Waals surface area contributed by atoms with Gasteiger partial charge in [-0.3, -0.25) is 4.98 Å². The average Bonchev–Trinajstić information content (AvgIpc) is 3.31. The van der Waals surface area contributed by atoms with Crippen molar-refractivity contribution in [2.24, 2.45) is 0 Å². The van der Waals surface area contributed by atoms with Gasteiger partial charge < -0.3 is 14.4 Å². The number of rotatable bonds is 15. The molecule has 0 unspecified atom stereocenters. The standard InChI is InChI=1S/C32H48N4S4.2C3H8/c1-24-17-18-27-28(21-24)36(29-22-25(2)23-33-30(27)29)26(15-11-7-9-13-19-39-31(37)34(3)4)16-12-8-10-14-20-40-32(38)35(5)6;2*1-3-2/h17-18,21-23,26H,7-16,19-20H2,1-6H3;2*3H2,1-2H3. The van der Waals surface area contributed by atoms with Crippen molar-refractivity contribution in [3.63, 3.8) is 0 Å². The topological polar surface area (TPSA) is 24.3 Å². The summed E-state index contributed by atoms with van der Waals surface area (Å²) in [6.07, 6.45) is 17.0. The summed E-state index contributed by atoms with van der Waals surface area (Å²) in [5.41, 5.74) is 6.34. The number of fused-ring (bicyclic) bond motifs is 3. The van der Waals surface area contributed by atoms with Crippen molar-refractivity contribution >= 4 is 78.5 Å². The van der Waals surface area contributed by atoms with Crippen LogP contribution >= 0.6 is 48.0 Å². The van der Waals surface area contributed by atoms with E-state index in [4.69, 9.17) is 29.4 Å². The molecular formula is C38H64N4S4. The zero-order valence-electron chi connectivity index (χ0n) is 30.8. The maximum atomic E-state index is 5.42. The van der Waals surface area contributed by atoms with Crippen LogP contribution in [0.2, 0.25) is 0 Å². The number of pyridine rings is 1. The van der Waals surface area contributed by atoms with Gasteiger partial charge in [0.2, 0.25) is 0 Å². The SMILES string of the molecule is CCC.CCC.Cc1ccc2c3ncc(C)cc3n(C(CCCCCCSC(=S)N(C)C)CCCCCCSC(=S)N(C)C)c2c1. The van der Waals surface area contributed by atoms with Crippen molar-refractivity contribution in [3.05, 3.63) is 41.6 Å². The fourth-order valence-corrected chi connectivity index (χ4v) is 7.22. The molecule has 8 heteroatoms. The summed E-state index contributed by atoms with van der Waals surface area (Å²) in [4.78, 5) is 8.97. The van der Waals surface area contributed by atoms with Crippen molar-refractivity contribution in [2.75, 3.05) is 39.7 Å². The highest BCUT2D eigenvalue weighted by atomic mass is 32.2. The number of benzene rings is 1. The Balaban J connectivity index is 0.00000163. The molecule has 3 aromatic rings. The normalized spacial score (nSPS) is 10.8. The third-order valence-corrected chi connectivity index (χ3v) is 11.0. The third-order valence-electron chi connectivity index (χ3n) is 7.34. The number of hydrogen-bond donors (Lipinski definition) is 0. The van der Waals surface area contributed by atoms with Crippen LogP contribution in [0, 0.1) is 13.8 Å². The first-order valence-corrected chi connectivity index (χ1v) is 20.4. The highest BCUT2D eigenvalue weighted by Crippen LogP contribution is 2.36. The van der Waals surface area contributed by atoms with E-state index in [0.717, 1.165) is 25.7 Å². The summed E-state index contributed by atoms with van der Waals surface area (Å²) in [6, 6.07) is 9.71. The molecule has 3 rings (SSSR count). The predicted octanol–water partition coefficient (Wildman–Crippen LogP) is 12.2. The lowest BCUT2D eigenvalue weighted by molar-refractivity contribution is 0.413. The molecule has 260 valence electrons. The van der Waals surface area contributed by atoms with E-state index in [9.17, 15) is 0 Å². The van der Waals surface area contributed by atoms with Gasteiger partial charge in [0.05, 0.1) is 16.6 Å². The van der Waals surface area contributed by atoms with Crippen molar-refractivity contribution in [1.29, 1.82) is 0 Å². The molecule has 1 aromatic carbocycles. The monoisotopic (exact) mass is 704 g/mol. The van der Waals surface area contributed by atoms with Crippen LogP contribution in [-0.2, 0) is 0 Å². The van der Waals surface area contributed by atoms with Gasteiger partial charge in [-0.25, -0.2) is 0 Å². The minimum absolute atomic E-state index is 0.497. The predicted molar refractivity (Wildman–Crippen MR) is 221 cm³/mol. The second-order valence-electron chi connectivity index (χ2n) is 12.8. The zero-order chi connectivity index (χ0) is 34.5. The van der Waals surface area contributed by atoms with E-state index in [0.29, 0.717) is 6.04 Å². The first-order valence-electron chi connectivity index (χ1n) is 17.6. The van der Waals surface area contributed by atoms with Crippen LogP contribution in [0.5, 0.6) is 0 Å². The summed E-state index contributed by atoms with van der Waals surface area (Å²) in [5, 5.41) is 1.29. The van der Waals surface area contributed by atoms with Crippen LogP contribution < -0.4 is 0 Å². The lowest BCUT2D eigenvalue weighted by atomic mass is 10.00. The molecule has 0 N–H and O–H groups in total. The fourth-order valence-electron chi connectivity index (χ4n) is 5.16. The molecule has 4 nitrogen and oxygen atoms in total. The van der Waals surface area contributed by atoms with Crippen LogP contribution in [0.15, 0.2) is 30.5 Å². The lowest BCUT2D eigenvalue weighted by Crippen LogP contribution is -2.16. The lowest BCUT2D eigenvalue weighted by Gasteiger charge is -2.22. The summed E-state index contributed by atoms with van der Waals surface area (Å²) < 4.78 is 4.63. The second-order valence-corrected chi connectivity index (χ2v) is 16.2. The highest BCUT2D eigenvalue weighted by Gasteiger charge is 2.19. The molecule has 0 fully saturated rings. The van der Waals surface area contributed by atoms with E-state index in [1.807, 2.05) is 67.7 Å². The maximum Gasteiger partial charge on any atom is 0.135 e. The van der Waals surface area contributed by atoms with E-state index >= 15 is 0 Å². The van der Waals surface area contributed by atoms with Gasteiger partial charge in [-0.2, -0.15) is 0 Å². The molecular weight excluding hydrogens is 641 g/mol. The molecule has 0 aliphatic carbocycles. The van der Waals surface area contributed by atoms with Gasteiger partial charge in [-0.1, -0.05) is 139 Å². The van der Waals surface area contributed by atoms with Gasteiger partial charge in [0.15, 0.2) is 0 Å². The molecule has 2 aromatic heterocycles. The number of unbranched alkanes of at least 4 members (excludes halogenated alkanes) is 6. The van der Waals surface area contributed by atoms with E-state index in [1.165, 1.54) is 105 Å². The Morgan fingerprint density at radius 3 is 1.63 bits per heavy atom. The van der Waals surface area contributed by atoms with Gasteiger partial charge in [0.25, 0.3) is 0 Å². The first-order chi connectivity index (χ1) is 22.0. The van der Waals surface area contributed by atoms with Crippen LogP contribution in [0.25, 0.3) is 21.9 Å². The molecule has 0 saturated heterocycles. The Kier molecular flexibility index (Phi) is 23.0. The molecule has 0 bridgehead atoms. The third kappa shape index (κ3) is 15.7. The van der Waals surface area contributed by atoms with E-state index in [2.05, 4.69) is 70.4 Å². The van der Waals surface area contributed by atoms with Gasteiger partial charge in [-0.05, 0) is 62.8 Å². The van der Waals surface area contributed by atoms with Gasteiger partial charge in [0.1, 0.15) is 8.64 Å². The van der Waals surface area contributed by atoms with Crippen molar-refractivity contribution in [2.45, 2.75) is 125 Å². The van der Waals surface area contributed by atoms with Crippen LogP contribution in [0.4, 0.5) is 0 Å². The second kappa shape index (κ2) is 24.7. The molecule has 46 heavy (non-hydrogen) atoms. The highest BCUT2D eigenvalue weighted by molar-refractivity contribution is 8.23. The van der Waals surface area contributed by atoms with Gasteiger partial charge in [0, 0.05) is 57.3 Å². The number of thiocarbonyl (C=S) groups is 2. The first kappa shape index (κ1) is 42.7. The Bertz CT molecular complexity index is 1190. The van der Waals surface area contributed by atoms with Crippen molar-refractivity contribution in [3.8, 4) is 0 Å². The molecule has 0 atom stereocenters. The minimum Gasteiger partial charge on any atom is -0.364 e. The van der Waals surface area contributed by atoms with E-state index in [1.54, 1.807) is 0 Å². The molecule has 0 radical (unpaired) electrons. The van der Waals surface area contributed by atoms with Crippen molar-refractivity contribution in [1.82, 2.24) is 19.4 Å². The Hall–Kier alpha value is -1.35. The molecule has 0 aliphatic heterocycles. The van der Waals surface area contributed by atoms with Crippen LogP contribution in [-0.4, -0.2) is 67.7 Å². The van der Waals surface area contributed by atoms with Crippen LogP contribution in [0.3, 0.4) is 0 Å². The fraction of sp³-hybridized carbons (Fsp3) is 0.658. The molecule has 2 heterocycles. The molecule has 0 aliphatic rings. The van der Waals surface area contributed by atoms with Crippen molar-refractivity contribution < 1.29 is 0 Å². The number of nitrogens with zero attached hydrogens (tertiary/aromatic N) is 4. The van der Waals surface area contributed by atoms with Gasteiger partial charge >= 0.3 is 0 Å². The average molecular weight is 705 g/mol.